The molecule has 10 nitrogen and oxygen atoms in total. The van der Waals surface area contributed by atoms with Crippen LogP contribution in [0, 0.1) is 0 Å². The van der Waals surface area contributed by atoms with Gasteiger partial charge in [0.25, 0.3) is 0 Å². The first-order valence-corrected chi connectivity index (χ1v) is 15.0. The van der Waals surface area contributed by atoms with Crippen LogP contribution in [0.5, 0.6) is 0 Å². The van der Waals surface area contributed by atoms with E-state index in [1.54, 1.807) is 38.2 Å². The number of nitrogens with one attached hydrogen (secondary N) is 2. The van der Waals surface area contributed by atoms with Crippen molar-refractivity contribution in [3.63, 3.8) is 0 Å². The normalized spacial score (nSPS) is 16.6. The summed E-state index contributed by atoms with van der Waals surface area (Å²) in [5.41, 5.74) is 1.25. The summed E-state index contributed by atoms with van der Waals surface area (Å²) in [6.07, 6.45) is -2.16. The van der Waals surface area contributed by atoms with E-state index in [9.17, 15) is 23.1 Å². The first-order chi connectivity index (χ1) is 19.7. The van der Waals surface area contributed by atoms with Crippen molar-refractivity contribution in [3.8, 4) is 10.7 Å². The Bertz CT molecular complexity index is 1370. The van der Waals surface area contributed by atoms with Gasteiger partial charge in [-0.2, -0.15) is 13.2 Å². The summed E-state index contributed by atoms with van der Waals surface area (Å²) in [4.78, 5) is 17.2. The molecule has 2 atom stereocenters. The Morgan fingerprint density at radius 1 is 1.24 bits per heavy atom. The molecule has 42 heavy (non-hydrogen) atoms. The third-order valence-corrected chi connectivity index (χ3v) is 8.86. The number of aliphatic hydroxyl groups is 1. The molecule has 1 aliphatic rings. The van der Waals surface area contributed by atoms with Gasteiger partial charge in [0.15, 0.2) is 10.7 Å². The van der Waals surface area contributed by atoms with E-state index in [4.69, 9.17) is 11.6 Å². The van der Waals surface area contributed by atoms with Crippen molar-refractivity contribution in [2.75, 3.05) is 46.6 Å². The molecular weight excluding hydrogens is 593 g/mol. The van der Waals surface area contributed by atoms with Gasteiger partial charge < -0.3 is 30.1 Å². The van der Waals surface area contributed by atoms with Crippen LogP contribution in [-0.2, 0) is 19.5 Å². The maximum atomic E-state index is 13.9. The SMILES string of the molecule is CC(Cc1ccc2c(cc(-c3nnc(CNC(=O)N(C)C)s3)n2CC(F)(F)F)c1NC1CCN(C)CC1)N(C)C(O)Cl. The fraction of sp³-hybridized carbons (Fsp3) is 0.593. The molecular formula is C27H38ClF3N8O2S. The number of rotatable bonds is 10. The van der Waals surface area contributed by atoms with Crippen LogP contribution in [0.4, 0.5) is 23.7 Å². The number of benzene rings is 1. The van der Waals surface area contributed by atoms with Crippen molar-refractivity contribution < 1.29 is 23.1 Å². The van der Waals surface area contributed by atoms with Crippen molar-refractivity contribution in [3.05, 3.63) is 28.8 Å². The van der Waals surface area contributed by atoms with Crippen LogP contribution in [0.15, 0.2) is 18.2 Å². The third kappa shape index (κ3) is 7.84. The Balaban J connectivity index is 1.79. The Morgan fingerprint density at radius 2 is 1.93 bits per heavy atom. The van der Waals surface area contributed by atoms with E-state index in [0.717, 1.165) is 48.5 Å². The summed E-state index contributed by atoms with van der Waals surface area (Å²) >= 11 is 7.06. The largest absolute Gasteiger partial charge is 0.406 e. The molecule has 1 aromatic carbocycles. The number of carbonyl (C=O) groups is 1. The number of likely N-dealkylation sites (N-methyl/N-ethyl adjacent to an activating group) is 1. The van der Waals surface area contributed by atoms with Crippen molar-refractivity contribution in [1.29, 1.82) is 0 Å². The lowest BCUT2D eigenvalue weighted by atomic mass is 9.99. The number of halogens is 4. The highest BCUT2D eigenvalue weighted by Gasteiger charge is 2.32. The third-order valence-electron chi connectivity index (χ3n) is 7.61. The molecule has 3 N–H and O–H groups in total. The zero-order chi connectivity index (χ0) is 30.8. The number of urea groups is 1. The van der Waals surface area contributed by atoms with E-state index in [2.05, 4.69) is 32.8 Å². The lowest BCUT2D eigenvalue weighted by Gasteiger charge is -2.32. The van der Waals surface area contributed by atoms with Gasteiger partial charge in [0.2, 0.25) is 0 Å². The van der Waals surface area contributed by atoms with Crippen LogP contribution >= 0.6 is 22.9 Å². The molecule has 3 heterocycles. The second-order valence-corrected chi connectivity index (χ2v) is 12.5. The zero-order valence-electron chi connectivity index (χ0n) is 24.4. The number of hydrogen-bond donors (Lipinski definition) is 3. The number of fused-ring (bicyclic) bond motifs is 1. The van der Waals surface area contributed by atoms with Gasteiger partial charge in [-0.25, -0.2) is 4.79 Å². The molecule has 2 amide bonds. The minimum atomic E-state index is -4.47. The number of likely N-dealkylation sites (tertiary alicyclic amines) is 1. The molecule has 0 bridgehead atoms. The monoisotopic (exact) mass is 630 g/mol. The van der Waals surface area contributed by atoms with Crippen LogP contribution in [0.1, 0.15) is 30.3 Å². The molecule has 2 aromatic heterocycles. The minimum Gasteiger partial charge on any atom is -0.381 e. The molecule has 0 spiro atoms. The first kappa shape index (κ1) is 32.3. The van der Waals surface area contributed by atoms with Gasteiger partial charge in [0, 0.05) is 37.3 Å². The van der Waals surface area contributed by atoms with Gasteiger partial charge in [0.05, 0.1) is 17.8 Å². The molecule has 1 saturated heterocycles. The number of piperidine rings is 1. The van der Waals surface area contributed by atoms with Gasteiger partial charge in [0.1, 0.15) is 11.6 Å². The molecule has 3 aromatic rings. The standard InChI is InChI=1S/C27H38ClF3N8O2S/c1-16(38(5)25(28)40)12-17-6-7-20-19(23(17)33-18-8-10-37(4)11-9-18)13-21(39(20)15-27(29,30)31)24-35-34-22(42-24)14-32-26(41)36(2)3/h6-7,13,16,18,25,33,40H,8-12,14-15H2,1-5H3,(H,32,41). The van der Waals surface area contributed by atoms with E-state index in [0.29, 0.717) is 33.0 Å². The van der Waals surface area contributed by atoms with E-state index in [-0.39, 0.29) is 24.7 Å². The predicted molar refractivity (Wildman–Crippen MR) is 160 cm³/mol. The van der Waals surface area contributed by atoms with E-state index in [1.165, 1.54) is 9.47 Å². The maximum absolute atomic E-state index is 13.9. The van der Waals surface area contributed by atoms with E-state index >= 15 is 0 Å². The Morgan fingerprint density at radius 3 is 2.55 bits per heavy atom. The summed E-state index contributed by atoms with van der Waals surface area (Å²) in [7, 11) is 7.01. The van der Waals surface area contributed by atoms with Crippen LogP contribution in [-0.4, -0.2) is 106 Å². The van der Waals surface area contributed by atoms with Crippen molar-refractivity contribution in [2.24, 2.45) is 0 Å². The van der Waals surface area contributed by atoms with Crippen LogP contribution in [0.2, 0.25) is 0 Å². The molecule has 1 fully saturated rings. The van der Waals surface area contributed by atoms with Gasteiger partial charge in [-0.3, -0.25) is 4.90 Å². The summed E-state index contributed by atoms with van der Waals surface area (Å²) in [6, 6.07) is 5.01. The average Bonchev–Trinajstić information content (AvgIpc) is 3.53. The number of aromatic nitrogens is 3. The number of carbonyl (C=O) groups excluding carboxylic acids is 1. The number of alkyl halides is 4. The van der Waals surface area contributed by atoms with Crippen molar-refractivity contribution >= 4 is 45.6 Å². The lowest BCUT2D eigenvalue weighted by Crippen LogP contribution is -2.38. The number of aliphatic hydroxyl groups excluding tert-OH is 1. The van der Waals surface area contributed by atoms with Gasteiger partial charge >= 0.3 is 12.2 Å². The quantitative estimate of drug-likeness (QED) is 0.174. The van der Waals surface area contributed by atoms with Crippen molar-refractivity contribution in [2.45, 2.75) is 63.2 Å². The second-order valence-electron chi connectivity index (χ2n) is 11.1. The lowest BCUT2D eigenvalue weighted by molar-refractivity contribution is -0.139. The summed E-state index contributed by atoms with van der Waals surface area (Å²) in [5, 5.41) is 26.1. The molecule has 4 rings (SSSR count). The molecule has 0 radical (unpaired) electrons. The highest BCUT2D eigenvalue weighted by molar-refractivity contribution is 7.14. The zero-order valence-corrected chi connectivity index (χ0v) is 25.9. The summed E-state index contributed by atoms with van der Waals surface area (Å²) in [5.74, 6) is 0. The Labute approximate surface area is 252 Å². The first-order valence-electron chi connectivity index (χ1n) is 13.7. The predicted octanol–water partition coefficient (Wildman–Crippen LogP) is 4.38. The van der Waals surface area contributed by atoms with Gasteiger partial charge in [-0.1, -0.05) is 29.0 Å². The maximum Gasteiger partial charge on any atom is 0.406 e. The van der Waals surface area contributed by atoms with Gasteiger partial charge in [-0.05, 0) is 71.1 Å². The molecule has 0 aliphatic carbocycles. The van der Waals surface area contributed by atoms with E-state index in [1.807, 2.05) is 13.0 Å². The second kappa shape index (κ2) is 13.3. The fourth-order valence-electron chi connectivity index (χ4n) is 5.01. The van der Waals surface area contributed by atoms with Crippen LogP contribution in [0.3, 0.4) is 0 Å². The number of nitrogens with zero attached hydrogens (tertiary/aromatic N) is 6. The van der Waals surface area contributed by atoms with Crippen LogP contribution < -0.4 is 10.6 Å². The highest BCUT2D eigenvalue weighted by Crippen LogP contribution is 2.39. The topological polar surface area (TPSA) is 102 Å². The Hall–Kier alpha value is -2.65. The van der Waals surface area contributed by atoms with E-state index < -0.39 is 18.4 Å². The van der Waals surface area contributed by atoms with Gasteiger partial charge in [-0.15, -0.1) is 10.2 Å². The Kier molecular flexibility index (Phi) is 10.2. The smallest absolute Gasteiger partial charge is 0.381 e. The minimum absolute atomic E-state index is 0.110. The summed E-state index contributed by atoms with van der Waals surface area (Å²) in [6.45, 7) is 2.69. The highest BCUT2D eigenvalue weighted by atomic mass is 35.5. The molecule has 2 unspecified atom stereocenters. The average molecular weight is 631 g/mol. The van der Waals surface area contributed by atoms with Crippen LogP contribution in [0.25, 0.3) is 21.6 Å². The molecule has 232 valence electrons. The molecule has 1 aliphatic heterocycles. The summed E-state index contributed by atoms with van der Waals surface area (Å²) < 4.78 is 42.9. The number of anilines is 1. The number of hydrogen-bond acceptors (Lipinski definition) is 8. The number of amides is 2. The van der Waals surface area contributed by atoms with Crippen molar-refractivity contribution in [1.82, 2.24) is 34.8 Å². The fourth-order valence-corrected chi connectivity index (χ4v) is 6.01. The molecule has 15 heteroatoms. The molecule has 0 saturated carbocycles.